The second kappa shape index (κ2) is 7.31. The molecule has 112 valence electrons. The van der Waals surface area contributed by atoms with E-state index in [1.807, 2.05) is 51.1 Å². The molecule has 0 aliphatic heterocycles. The maximum atomic E-state index is 12.1. The molecule has 0 fully saturated rings. The average molecular weight is 304 g/mol. The molecule has 1 N–H and O–H groups in total. The van der Waals surface area contributed by atoms with E-state index in [1.54, 1.807) is 11.8 Å². The van der Waals surface area contributed by atoms with E-state index in [1.165, 1.54) is 0 Å². The zero-order chi connectivity index (χ0) is 15.2. The van der Waals surface area contributed by atoms with Crippen LogP contribution in [-0.4, -0.2) is 16.3 Å². The summed E-state index contributed by atoms with van der Waals surface area (Å²) in [6, 6.07) is 9.91. The van der Waals surface area contributed by atoms with Gasteiger partial charge in [-0.05, 0) is 26.3 Å². The van der Waals surface area contributed by atoms with E-state index < -0.39 is 0 Å². The third-order valence-electron chi connectivity index (χ3n) is 3.34. The van der Waals surface area contributed by atoms with Gasteiger partial charge in [0.1, 0.15) is 5.76 Å². The van der Waals surface area contributed by atoms with Crippen molar-refractivity contribution in [3.05, 3.63) is 52.9 Å². The molecule has 0 aliphatic rings. The number of rotatable bonds is 6. The van der Waals surface area contributed by atoms with Gasteiger partial charge in [-0.3, -0.25) is 4.79 Å². The first-order valence-electron chi connectivity index (χ1n) is 6.93. The molecule has 1 amide bonds. The molecule has 0 saturated carbocycles. The Morgan fingerprint density at radius 2 is 2.05 bits per heavy atom. The molecule has 0 saturated heterocycles. The monoisotopic (exact) mass is 304 g/mol. The lowest BCUT2D eigenvalue weighted by Crippen LogP contribution is -2.30. The third-order valence-corrected chi connectivity index (χ3v) is 4.51. The first-order chi connectivity index (χ1) is 10.1. The maximum absolute atomic E-state index is 12.1. The summed E-state index contributed by atoms with van der Waals surface area (Å²) in [6.07, 6.45) is 0. The van der Waals surface area contributed by atoms with Crippen LogP contribution >= 0.6 is 11.8 Å². The zero-order valence-corrected chi connectivity index (χ0v) is 13.4. The van der Waals surface area contributed by atoms with Gasteiger partial charge in [0.25, 0.3) is 0 Å². The number of carbonyl (C=O) groups excluding carboxylic acids is 1. The van der Waals surface area contributed by atoms with E-state index >= 15 is 0 Å². The van der Waals surface area contributed by atoms with Crippen molar-refractivity contribution in [1.29, 1.82) is 0 Å². The number of hydrogen-bond acceptors (Lipinski definition) is 4. The van der Waals surface area contributed by atoms with Crippen LogP contribution in [0.15, 0.2) is 34.9 Å². The van der Waals surface area contributed by atoms with Gasteiger partial charge >= 0.3 is 0 Å². The topological polar surface area (TPSA) is 55.1 Å². The molecule has 0 radical (unpaired) electrons. The van der Waals surface area contributed by atoms with Crippen molar-refractivity contribution in [1.82, 2.24) is 10.5 Å². The fourth-order valence-corrected chi connectivity index (χ4v) is 2.98. The zero-order valence-electron chi connectivity index (χ0n) is 12.6. The summed E-state index contributed by atoms with van der Waals surface area (Å²) in [4.78, 5) is 12.1. The summed E-state index contributed by atoms with van der Waals surface area (Å²) in [7, 11) is 0. The van der Waals surface area contributed by atoms with E-state index in [0.29, 0.717) is 6.54 Å². The fourth-order valence-electron chi connectivity index (χ4n) is 1.92. The van der Waals surface area contributed by atoms with Gasteiger partial charge in [0.15, 0.2) is 0 Å². The Hall–Kier alpha value is -1.75. The Morgan fingerprint density at radius 3 is 2.67 bits per heavy atom. The Kier molecular flexibility index (Phi) is 5.44. The van der Waals surface area contributed by atoms with Crippen LogP contribution < -0.4 is 5.32 Å². The number of aryl methyl sites for hydroxylation is 2. The largest absolute Gasteiger partial charge is 0.361 e. The highest BCUT2D eigenvalue weighted by atomic mass is 32.2. The lowest BCUT2D eigenvalue weighted by molar-refractivity contribution is -0.120. The van der Waals surface area contributed by atoms with Crippen LogP contribution in [0.2, 0.25) is 0 Å². The van der Waals surface area contributed by atoms with Crippen molar-refractivity contribution >= 4 is 17.7 Å². The van der Waals surface area contributed by atoms with Crippen molar-refractivity contribution in [3.8, 4) is 0 Å². The lowest BCUT2D eigenvalue weighted by Gasteiger charge is -2.12. The van der Waals surface area contributed by atoms with E-state index in [2.05, 4.69) is 10.5 Å². The van der Waals surface area contributed by atoms with Crippen molar-refractivity contribution in [2.45, 2.75) is 38.3 Å². The molecule has 0 unspecified atom stereocenters. The molecule has 2 rings (SSSR count). The first-order valence-corrected chi connectivity index (χ1v) is 7.97. The van der Waals surface area contributed by atoms with Crippen LogP contribution in [0.1, 0.15) is 29.5 Å². The number of carbonyl (C=O) groups is 1. The van der Waals surface area contributed by atoms with Gasteiger partial charge in [-0.2, -0.15) is 0 Å². The second-order valence-electron chi connectivity index (χ2n) is 4.96. The van der Waals surface area contributed by atoms with E-state index in [9.17, 15) is 4.79 Å². The molecule has 4 nitrogen and oxygen atoms in total. The normalized spacial score (nSPS) is 12.1. The van der Waals surface area contributed by atoms with Gasteiger partial charge < -0.3 is 9.84 Å². The Bertz CT molecular complexity index is 576. The number of amides is 1. The molecular formula is C16H20N2O2S. The van der Waals surface area contributed by atoms with Crippen molar-refractivity contribution in [3.63, 3.8) is 0 Å². The molecule has 1 aromatic heterocycles. The predicted octanol–water partition coefficient (Wildman–Crippen LogP) is 3.23. The van der Waals surface area contributed by atoms with Crippen molar-refractivity contribution < 1.29 is 9.32 Å². The minimum absolute atomic E-state index is 0.0515. The Labute approximate surface area is 129 Å². The molecule has 1 aromatic carbocycles. The summed E-state index contributed by atoms with van der Waals surface area (Å²) in [5, 5.41) is 6.78. The number of nitrogens with one attached hydrogen (secondary N) is 1. The predicted molar refractivity (Wildman–Crippen MR) is 85.0 cm³/mol. The molecule has 21 heavy (non-hydrogen) atoms. The van der Waals surface area contributed by atoms with Gasteiger partial charge in [-0.1, -0.05) is 35.5 Å². The van der Waals surface area contributed by atoms with Crippen molar-refractivity contribution in [2.24, 2.45) is 0 Å². The van der Waals surface area contributed by atoms with Crippen LogP contribution in [0.25, 0.3) is 0 Å². The third kappa shape index (κ3) is 4.36. The molecule has 1 atom stereocenters. The smallest absolute Gasteiger partial charge is 0.233 e. The summed E-state index contributed by atoms with van der Waals surface area (Å²) in [5.41, 5.74) is 3.09. The minimum atomic E-state index is -0.109. The van der Waals surface area contributed by atoms with E-state index in [-0.39, 0.29) is 11.2 Å². The quantitative estimate of drug-likeness (QED) is 0.890. The Morgan fingerprint density at radius 1 is 1.33 bits per heavy atom. The summed E-state index contributed by atoms with van der Waals surface area (Å²) in [5.74, 6) is 1.62. The number of aromatic nitrogens is 1. The molecule has 0 spiro atoms. The molecular weight excluding hydrogens is 284 g/mol. The number of benzene rings is 1. The number of nitrogens with zero attached hydrogens (tertiary/aromatic N) is 1. The standard InChI is InChI=1S/C16H20N2O2S/c1-11-15(12(2)20-18-11)10-21-13(3)16(19)17-9-14-7-5-4-6-8-14/h4-8,13H,9-10H2,1-3H3,(H,17,19)/t13-/m1/s1. The van der Waals surface area contributed by atoms with Crippen LogP contribution in [0, 0.1) is 13.8 Å². The summed E-state index contributed by atoms with van der Waals surface area (Å²) >= 11 is 1.59. The first kappa shape index (κ1) is 15.6. The number of thioether (sulfide) groups is 1. The molecule has 0 bridgehead atoms. The molecule has 0 aliphatic carbocycles. The molecule has 1 heterocycles. The number of hydrogen-bond donors (Lipinski definition) is 1. The van der Waals surface area contributed by atoms with Gasteiger partial charge in [0.05, 0.1) is 10.9 Å². The van der Waals surface area contributed by atoms with Crippen LogP contribution in [0.4, 0.5) is 0 Å². The van der Waals surface area contributed by atoms with E-state index in [4.69, 9.17) is 4.52 Å². The second-order valence-corrected chi connectivity index (χ2v) is 6.29. The lowest BCUT2D eigenvalue weighted by atomic mass is 10.2. The highest BCUT2D eigenvalue weighted by Gasteiger charge is 2.16. The molecule has 2 aromatic rings. The fraction of sp³-hybridized carbons (Fsp3) is 0.375. The maximum Gasteiger partial charge on any atom is 0.233 e. The molecule has 5 heteroatoms. The summed E-state index contributed by atoms with van der Waals surface area (Å²) < 4.78 is 5.13. The van der Waals surface area contributed by atoms with Crippen LogP contribution in [-0.2, 0) is 17.1 Å². The van der Waals surface area contributed by atoms with Crippen LogP contribution in [0.5, 0.6) is 0 Å². The average Bonchev–Trinajstić information content (AvgIpc) is 2.82. The van der Waals surface area contributed by atoms with Crippen molar-refractivity contribution in [2.75, 3.05) is 0 Å². The highest BCUT2D eigenvalue weighted by Crippen LogP contribution is 2.22. The van der Waals surface area contributed by atoms with Gasteiger partial charge in [0, 0.05) is 17.9 Å². The van der Waals surface area contributed by atoms with E-state index in [0.717, 1.165) is 28.3 Å². The van der Waals surface area contributed by atoms with Gasteiger partial charge in [0.2, 0.25) is 5.91 Å². The SMILES string of the molecule is Cc1noc(C)c1CS[C@H](C)C(=O)NCc1ccccc1. The van der Waals surface area contributed by atoms with Gasteiger partial charge in [-0.15, -0.1) is 11.8 Å². The van der Waals surface area contributed by atoms with Gasteiger partial charge in [-0.25, -0.2) is 0 Å². The summed E-state index contributed by atoms with van der Waals surface area (Å²) in [6.45, 7) is 6.31. The highest BCUT2D eigenvalue weighted by molar-refractivity contribution is 7.99. The Balaban J connectivity index is 1.80. The van der Waals surface area contributed by atoms with Crippen LogP contribution in [0.3, 0.4) is 0 Å². The minimum Gasteiger partial charge on any atom is -0.361 e.